The van der Waals surface area contributed by atoms with Crippen molar-refractivity contribution in [2.75, 3.05) is 6.54 Å². The number of carbonyl (C=O) groups excluding carboxylic acids is 1. The zero-order chi connectivity index (χ0) is 18.7. The number of hydrogen-bond acceptors (Lipinski definition) is 5. The molecule has 0 fully saturated rings. The quantitative estimate of drug-likeness (QED) is 0.689. The first kappa shape index (κ1) is 17.6. The maximum Gasteiger partial charge on any atom is 0.268 e. The van der Waals surface area contributed by atoms with E-state index in [0.29, 0.717) is 29.6 Å². The molecule has 0 saturated carbocycles. The zero-order valence-electron chi connectivity index (χ0n) is 15.1. The molecule has 0 unspecified atom stereocenters. The third kappa shape index (κ3) is 3.56. The Balaban J connectivity index is 1.94. The molecule has 1 amide bonds. The lowest BCUT2D eigenvalue weighted by Crippen LogP contribution is -2.23. The molecule has 2 aromatic heterocycles. The lowest BCUT2D eigenvalue weighted by atomic mass is 10.1. The highest BCUT2D eigenvalue weighted by Gasteiger charge is 2.17. The van der Waals surface area contributed by atoms with Gasteiger partial charge in [0.2, 0.25) is 5.89 Å². The number of aromatic nitrogens is 4. The molecule has 0 aliphatic rings. The van der Waals surface area contributed by atoms with Gasteiger partial charge in [-0.2, -0.15) is 5.10 Å². The van der Waals surface area contributed by atoms with Crippen molar-refractivity contribution in [3.63, 3.8) is 0 Å². The van der Waals surface area contributed by atoms with Crippen molar-refractivity contribution in [2.24, 2.45) is 0 Å². The van der Waals surface area contributed by atoms with Crippen molar-refractivity contribution in [2.45, 2.75) is 26.7 Å². The lowest BCUT2D eigenvalue weighted by Gasteiger charge is -2.10. The minimum absolute atomic E-state index is 0.136. The third-order valence-corrected chi connectivity index (χ3v) is 3.85. The zero-order valence-corrected chi connectivity index (χ0v) is 15.1. The number of nitrogens with one attached hydrogen (secondary N) is 1. The smallest absolute Gasteiger partial charge is 0.268 e. The van der Waals surface area contributed by atoms with Gasteiger partial charge in [0.05, 0.1) is 5.69 Å². The average molecular weight is 351 g/mol. The number of amides is 1. The van der Waals surface area contributed by atoms with E-state index in [1.807, 2.05) is 22.9 Å². The molecule has 0 bridgehead atoms. The summed E-state index contributed by atoms with van der Waals surface area (Å²) in [5.41, 5.74) is 3.08. The number of nitrogens with zero attached hydrogens (tertiary/aromatic N) is 4. The number of aryl methyl sites for hydroxylation is 1. The minimum Gasteiger partial charge on any atom is -0.420 e. The van der Waals surface area contributed by atoms with Crippen LogP contribution in [0, 0.1) is 6.92 Å². The second-order valence-electron chi connectivity index (χ2n) is 6.19. The first-order chi connectivity index (χ1) is 12.5. The van der Waals surface area contributed by atoms with Crippen molar-refractivity contribution in [3.05, 3.63) is 60.1 Å². The summed E-state index contributed by atoms with van der Waals surface area (Å²) in [7, 11) is 0. The SMILES string of the molecule is C=CCNC(=O)c1ccc(-n2nc(-c3nnc(C)o3)cc2C(C)C)cc1. The molecule has 1 N–H and O–H groups in total. The van der Waals surface area contributed by atoms with Gasteiger partial charge in [-0.1, -0.05) is 19.9 Å². The third-order valence-electron chi connectivity index (χ3n) is 3.85. The predicted molar refractivity (Wildman–Crippen MR) is 98.2 cm³/mol. The highest BCUT2D eigenvalue weighted by atomic mass is 16.4. The van der Waals surface area contributed by atoms with Gasteiger partial charge in [0.1, 0.15) is 5.69 Å². The van der Waals surface area contributed by atoms with E-state index in [4.69, 9.17) is 4.42 Å². The number of hydrogen-bond donors (Lipinski definition) is 1. The van der Waals surface area contributed by atoms with E-state index in [1.165, 1.54) is 0 Å². The molecular weight excluding hydrogens is 330 g/mol. The molecule has 7 nitrogen and oxygen atoms in total. The standard InChI is InChI=1S/C19H21N5O2/c1-5-10-20-18(25)14-6-8-15(9-7-14)24-17(12(2)3)11-16(23-24)19-22-21-13(4)26-19/h5-9,11-12H,1,10H2,2-4H3,(H,20,25). The maximum absolute atomic E-state index is 12.0. The molecule has 3 aromatic rings. The van der Waals surface area contributed by atoms with E-state index < -0.39 is 0 Å². The molecule has 7 heteroatoms. The fourth-order valence-electron chi connectivity index (χ4n) is 2.54. The summed E-state index contributed by atoms with van der Waals surface area (Å²) in [5.74, 6) is 0.998. The number of carbonyl (C=O) groups is 1. The molecular formula is C19H21N5O2. The predicted octanol–water partition coefficient (Wildman–Crippen LogP) is 3.27. The van der Waals surface area contributed by atoms with Crippen molar-refractivity contribution in [3.8, 4) is 17.3 Å². The second-order valence-corrected chi connectivity index (χ2v) is 6.19. The monoisotopic (exact) mass is 351 g/mol. The first-order valence-corrected chi connectivity index (χ1v) is 8.39. The highest BCUT2D eigenvalue weighted by Crippen LogP contribution is 2.25. The van der Waals surface area contributed by atoms with Crippen molar-refractivity contribution in [1.29, 1.82) is 0 Å². The number of rotatable bonds is 6. The van der Waals surface area contributed by atoms with Crippen LogP contribution in [0.3, 0.4) is 0 Å². The summed E-state index contributed by atoms with van der Waals surface area (Å²) in [5, 5.41) is 15.3. The van der Waals surface area contributed by atoms with Gasteiger partial charge in [0, 0.05) is 24.7 Å². The van der Waals surface area contributed by atoms with E-state index in [2.05, 4.69) is 41.0 Å². The summed E-state index contributed by atoms with van der Waals surface area (Å²) in [6.07, 6.45) is 1.64. The fourth-order valence-corrected chi connectivity index (χ4v) is 2.54. The second kappa shape index (κ2) is 7.35. The Labute approximate surface area is 151 Å². The lowest BCUT2D eigenvalue weighted by molar-refractivity contribution is 0.0958. The van der Waals surface area contributed by atoms with Crippen LogP contribution in [0.2, 0.25) is 0 Å². The van der Waals surface area contributed by atoms with Crippen LogP contribution in [0.1, 0.15) is 41.7 Å². The van der Waals surface area contributed by atoms with Crippen LogP contribution >= 0.6 is 0 Å². The van der Waals surface area contributed by atoms with E-state index >= 15 is 0 Å². The molecule has 0 atom stereocenters. The summed E-state index contributed by atoms with van der Waals surface area (Å²) in [6, 6.07) is 9.23. The Hall–Kier alpha value is -3.22. The summed E-state index contributed by atoms with van der Waals surface area (Å²) < 4.78 is 7.32. The topological polar surface area (TPSA) is 85.8 Å². The van der Waals surface area contributed by atoms with Crippen LogP contribution in [-0.2, 0) is 0 Å². The Morgan fingerprint density at radius 2 is 2.04 bits per heavy atom. The van der Waals surface area contributed by atoms with Crippen LogP contribution in [-0.4, -0.2) is 32.4 Å². The van der Waals surface area contributed by atoms with Gasteiger partial charge in [-0.05, 0) is 36.2 Å². The summed E-state index contributed by atoms with van der Waals surface area (Å²) in [6.45, 7) is 9.95. The molecule has 0 aliphatic carbocycles. The van der Waals surface area contributed by atoms with Crippen LogP contribution in [0.15, 0.2) is 47.4 Å². The van der Waals surface area contributed by atoms with Gasteiger partial charge in [-0.25, -0.2) is 4.68 Å². The molecule has 26 heavy (non-hydrogen) atoms. The Morgan fingerprint density at radius 3 is 2.62 bits per heavy atom. The largest absolute Gasteiger partial charge is 0.420 e. The van der Waals surface area contributed by atoms with Crippen LogP contribution in [0.4, 0.5) is 0 Å². The molecule has 2 heterocycles. The molecule has 134 valence electrons. The van der Waals surface area contributed by atoms with E-state index in [1.54, 1.807) is 25.1 Å². The Bertz CT molecular complexity index is 922. The number of benzene rings is 1. The highest BCUT2D eigenvalue weighted by molar-refractivity contribution is 5.94. The summed E-state index contributed by atoms with van der Waals surface area (Å²) >= 11 is 0. The van der Waals surface area contributed by atoms with Gasteiger partial charge in [-0.3, -0.25) is 4.79 Å². The van der Waals surface area contributed by atoms with Gasteiger partial charge >= 0.3 is 0 Å². The molecule has 0 spiro atoms. The average Bonchev–Trinajstić information content (AvgIpc) is 3.26. The fraction of sp³-hybridized carbons (Fsp3) is 0.263. The van der Waals surface area contributed by atoms with Crippen molar-refractivity contribution >= 4 is 5.91 Å². The first-order valence-electron chi connectivity index (χ1n) is 8.39. The van der Waals surface area contributed by atoms with Crippen LogP contribution < -0.4 is 5.32 Å². The van der Waals surface area contributed by atoms with Gasteiger partial charge in [-0.15, -0.1) is 16.8 Å². The molecule has 0 radical (unpaired) electrons. The van der Waals surface area contributed by atoms with Gasteiger partial charge in [0.25, 0.3) is 11.8 Å². The molecule has 1 aromatic carbocycles. The molecule has 0 aliphatic heterocycles. The molecule has 3 rings (SSSR count). The van der Waals surface area contributed by atoms with Crippen molar-refractivity contribution < 1.29 is 9.21 Å². The van der Waals surface area contributed by atoms with Gasteiger partial charge in [0.15, 0.2) is 0 Å². The van der Waals surface area contributed by atoms with E-state index in [0.717, 1.165) is 11.4 Å². The normalized spacial score (nSPS) is 10.9. The Morgan fingerprint density at radius 1 is 1.31 bits per heavy atom. The van der Waals surface area contributed by atoms with Crippen LogP contribution in [0.5, 0.6) is 0 Å². The van der Waals surface area contributed by atoms with Gasteiger partial charge < -0.3 is 9.73 Å². The molecule has 0 saturated heterocycles. The summed E-state index contributed by atoms with van der Waals surface area (Å²) in [4.78, 5) is 12.0. The van der Waals surface area contributed by atoms with E-state index in [9.17, 15) is 4.79 Å². The minimum atomic E-state index is -0.136. The van der Waals surface area contributed by atoms with Crippen LogP contribution in [0.25, 0.3) is 17.3 Å². The Kier molecular flexibility index (Phi) is 4.97. The van der Waals surface area contributed by atoms with E-state index in [-0.39, 0.29) is 11.8 Å². The maximum atomic E-state index is 12.0. The van der Waals surface area contributed by atoms with Crippen molar-refractivity contribution in [1.82, 2.24) is 25.3 Å².